The Morgan fingerprint density at radius 3 is 1.81 bits per heavy atom. The number of ether oxygens (including phenoxy) is 1. The van der Waals surface area contributed by atoms with Crippen LogP contribution in [0.5, 0.6) is 0 Å². The van der Waals surface area contributed by atoms with Gasteiger partial charge in [0.25, 0.3) is 0 Å². The van der Waals surface area contributed by atoms with E-state index in [1.807, 2.05) is 32.9 Å². The molecule has 36 heavy (non-hydrogen) atoms. The molecule has 0 radical (unpaired) electrons. The summed E-state index contributed by atoms with van der Waals surface area (Å²) in [5.41, 5.74) is 1.04. The van der Waals surface area contributed by atoms with E-state index in [2.05, 4.69) is 81.4 Å². The van der Waals surface area contributed by atoms with E-state index in [0.29, 0.717) is 11.3 Å². The molecule has 1 heterocycles. The molecule has 0 N–H and O–H groups in total. The third-order valence-corrected chi connectivity index (χ3v) is 16.0. The fourth-order valence-electron chi connectivity index (χ4n) is 5.82. The maximum Gasteiger partial charge on any atom is 0.245 e. The average molecular weight is 522 g/mol. The highest BCUT2D eigenvalue weighted by Crippen LogP contribution is 2.43. The first-order valence-electron chi connectivity index (χ1n) is 12.9. The van der Waals surface area contributed by atoms with Gasteiger partial charge < -0.3 is 4.74 Å². The van der Waals surface area contributed by atoms with Crippen molar-refractivity contribution in [3.8, 4) is 0 Å². The van der Waals surface area contributed by atoms with Gasteiger partial charge in [0.05, 0.1) is 17.0 Å². The quantitative estimate of drug-likeness (QED) is 0.382. The minimum absolute atomic E-state index is 0.0241. The van der Waals surface area contributed by atoms with E-state index in [4.69, 9.17) is 4.74 Å². The van der Waals surface area contributed by atoms with Crippen molar-refractivity contribution in [2.24, 2.45) is 0 Å². The van der Waals surface area contributed by atoms with Gasteiger partial charge >= 0.3 is 0 Å². The molecule has 1 saturated heterocycles. The molecular formula is C30H39NO3SSi. The summed E-state index contributed by atoms with van der Waals surface area (Å²) >= 11 is 0. The molecule has 0 spiro atoms. The number of nitrogens with zero attached hydrogens (tertiary/aromatic N) is 1. The summed E-state index contributed by atoms with van der Waals surface area (Å²) in [5.74, 6) is 0. The zero-order valence-corrected chi connectivity index (χ0v) is 24.1. The summed E-state index contributed by atoms with van der Waals surface area (Å²) in [6, 6.07) is 29.3. The summed E-state index contributed by atoms with van der Waals surface area (Å²) in [6.45, 7) is 13.0. The van der Waals surface area contributed by atoms with Gasteiger partial charge in [-0.2, -0.15) is 4.31 Å². The zero-order chi connectivity index (χ0) is 26.1. The average Bonchev–Trinajstić information content (AvgIpc) is 3.18. The third-order valence-electron chi connectivity index (χ3n) is 7.82. The Kier molecular flexibility index (Phi) is 7.63. The second-order valence-corrected chi connectivity index (χ2v) is 17.7. The van der Waals surface area contributed by atoms with E-state index in [9.17, 15) is 8.42 Å². The number of rotatable bonds is 7. The van der Waals surface area contributed by atoms with Crippen molar-refractivity contribution < 1.29 is 13.2 Å². The van der Waals surface area contributed by atoms with Crippen molar-refractivity contribution >= 4 is 28.5 Å². The Bertz CT molecular complexity index is 1220. The first kappa shape index (κ1) is 26.8. The molecule has 0 amide bonds. The zero-order valence-electron chi connectivity index (χ0n) is 22.3. The molecule has 1 fully saturated rings. The lowest BCUT2D eigenvalue weighted by molar-refractivity contribution is 0.0267. The van der Waals surface area contributed by atoms with Gasteiger partial charge in [-0.1, -0.05) is 116 Å². The maximum absolute atomic E-state index is 13.8. The van der Waals surface area contributed by atoms with Gasteiger partial charge in [-0.05, 0) is 43.5 Å². The van der Waals surface area contributed by atoms with Crippen molar-refractivity contribution in [1.82, 2.24) is 4.31 Å². The molecule has 0 aromatic heterocycles. The number of hydrogen-bond acceptors (Lipinski definition) is 3. The summed E-state index contributed by atoms with van der Waals surface area (Å²) in [6.07, 6.45) is -0.0804. The summed E-state index contributed by atoms with van der Waals surface area (Å²) in [4.78, 5) is 0.327. The molecule has 0 unspecified atom stereocenters. The smallest absolute Gasteiger partial charge is 0.245 e. The van der Waals surface area contributed by atoms with Crippen LogP contribution < -0.4 is 10.4 Å². The molecule has 192 valence electrons. The van der Waals surface area contributed by atoms with E-state index in [-0.39, 0.29) is 17.2 Å². The van der Waals surface area contributed by atoms with Crippen molar-refractivity contribution in [3.05, 3.63) is 90.5 Å². The molecule has 0 aliphatic carbocycles. The molecule has 3 aromatic carbocycles. The normalized spacial score (nSPS) is 21.6. The van der Waals surface area contributed by atoms with E-state index in [1.54, 1.807) is 16.4 Å². The van der Waals surface area contributed by atoms with Crippen LogP contribution in [0.25, 0.3) is 0 Å². The van der Waals surface area contributed by atoms with Crippen molar-refractivity contribution in [1.29, 1.82) is 0 Å². The van der Waals surface area contributed by atoms with Crippen LogP contribution in [0.2, 0.25) is 11.1 Å². The first-order chi connectivity index (χ1) is 17.0. The van der Waals surface area contributed by atoms with Crippen LogP contribution in [-0.2, 0) is 14.8 Å². The van der Waals surface area contributed by atoms with Gasteiger partial charge in [-0.3, -0.25) is 0 Å². The Hall–Kier alpha value is -2.25. The predicted molar refractivity (Wildman–Crippen MR) is 151 cm³/mol. The van der Waals surface area contributed by atoms with Crippen LogP contribution in [0, 0.1) is 6.92 Å². The standard InChI is InChI=1S/C30H39NO3SSi/c1-7-29-31(35(32,33)25-20-18-23(2)19-21-25)24(3)28(34-29)22-36(30(4,5)6,26-14-10-8-11-15-26)27-16-12-9-13-17-27/h8-21,24,28-29H,7,22H2,1-6H3/t24-,28-,29-/m1/s1. The van der Waals surface area contributed by atoms with Crippen LogP contribution >= 0.6 is 0 Å². The summed E-state index contributed by atoms with van der Waals surface area (Å²) < 4.78 is 35.9. The molecule has 1 aliphatic heterocycles. The fraction of sp³-hybridized carbons (Fsp3) is 0.400. The highest BCUT2D eigenvalue weighted by atomic mass is 32.2. The van der Waals surface area contributed by atoms with Gasteiger partial charge in [0, 0.05) is 0 Å². The molecule has 6 heteroatoms. The van der Waals surface area contributed by atoms with Gasteiger partial charge in [0.15, 0.2) is 0 Å². The highest BCUT2D eigenvalue weighted by Gasteiger charge is 2.54. The lowest BCUT2D eigenvalue weighted by Crippen LogP contribution is -2.66. The molecular weight excluding hydrogens is 482 g/mol. The molecule has 3 atom stereocenters. The minimum Gasteiger partial charge on any atom is -0.357 e. The largest absolute Gasteiger partial charge is 0.357 e. The SMILES string of the molecule is CC[C@H]1O[C@H](C[Si](c2ccccc2)(c2ccccc2)C(C)(C)C)[C@@H](C)N1S(=O)(=O)c1ccc(C)cc1. The number of hydrogen-bond donors (Lipinski definition) is 0. The Balaban J connectivity index is 1.80. The van der Waals surface area contributed by atoms with Crippen molar-refractivity contribution in [2.45, 2.75) is 82.3 Å². The predicted octanol–water partition coefficient (Wildman–Crippen LogP) is 5.57. The Morgan fingerprint density at radius 1 is 0.861 bits per heavy atom. The highest BCUT2D eigenvalue weighted by molar-refractivity contribution is 7.89. The maximum atomic E-state index is 13.8. The fourth-order valence-corrected chi connectivity index (χ4v) is 13.3. The van der Waals surface area contributed by atoms with E-state index < -0.39 is 24.3 Å². The Labute approximate surface area is 218 Å². The van der Waals surface area contributed by atoms with Crippen LogP contribution in [0.15, 0.2) is 89.8 Å². The van der Waals surface area contributed by atoms with E-state index in [1.165, 1.54) is 10.4 Å². The molecule has 4 rings (SSSR count). The monoisotopic (exact) mass is 521 g/mol. The second kappa shape index (κ2) is 10.2. The van der Waals surface area contributed by atoms with Crippen molar-refractivity contribution in [3.63, 3.8) is 0 Å². The Morgan fingerprint density at radius 2 is 1.36 bits per heavy atom. The van der Waals surface area contributed by atoms with Crippen LogP contribution in [-0.4, -0.2) is 39.2 Å². The summed E-state index contributed by atoms with van der Waals surface area (Å²) in [5, 5.41) is 2.68. The van der Waals surface area contributed by atoms with Crippen molar-refractivity contribution in [2.75, 3.05) is 0 Å². The minimum atomic E-state index is -3.70. The van der Waals surface area contributed by atoms with Gasteiger partial charge in [0.2, 0.25) is 10.0 Å². The second-order valence-electron chi connectivity index (χ2n) is 11.0. The van der Waals surface area contributed by atoms with Crippen LogP contribution in [0.1, 0.15) is 46.6 Å². The number of benzene rings is 3. The van der Waals surface area contributed by atoms with Gasteiger partial charge in [-0.15, -0.1) is 0 Å². The van der Waals surface area contributed by atoms with Gasteiger partial charge in [-0.25, -0.2) is 8.42 Å². The number of aryl methyl sites for hydroxylation is 1. The number of sulfonamides is 1. The molecule has 0 bridgehead atoms. The topological polar surface area (TPSA) is 46.6 Å². The molecule has 1 aliphatic rings. The first-order valence-corrected chi connectivity index (χ1v) is 16.5. The van der Waals surface area contributed by atoms with Gasteiger partial charge in [0.1, 0.15) is 14.3 Å². The lowest BCUT2D eigenvalue weighted by Gasteiger charge is -2.46. The van der Waals surface area contributed by atoms with E-state index in [0.717, 1.165) is 11.6 Å². The van der Waals surface area contributed by atoms with Crippen LogP contribution in [0.3, 0.4) is 0 Å². The summed E-state index contributed by atoms with van der Waals surface area (Å²) in [7, 11) is -6.12. The van der Waals surface area contributed by atoms with Crippen LogP contribution in [0.4, 0.5) is 0 Å². The lowest BCUT2D eigenvalue weighted by atomic mass is 10.2. The third kappa shape index (κ3) is 4.72. The van der Waals surface area contributed by atoms with E-state index >= 15 is 0 Å². The molecule has 4 nitrogen and oxygen atoms in total. The molecule has 3 aromatic rings. The molecule has 0 saturated carbocycles.